The van der Waals surface area contributed by atoms with E-state index in [4.69, 9.17) is 0 Å². The Morgan fingerprint density at radius 3 is 1.69 bits per heavy atom. The molecule has 4 rings (SSSR count). The number of halogens is 3. The van der Waals surface area contributed by atoms with Crippen LogP contribution in [0.15, 0.2) is 78.9 Å². The summed E-state index contributed by atoms with van der Waals surface area (Å²) in [5, 5.41) is 0. The van der Waals surface area contributed by atoms with Crippen molar-refractivity contribution in [3.8, 4) is 0 Å². The van der Waals surface area contributed by atoms with Crippen LogP contribution in [0.2, 0.25) is 0 Å². The average molecular weight is 350 g/mol. The van der Waals surface area contributed by atoms with Crippen LogP contribution >= 0.6 is 0 Å². The average Bonchev–Trinajstić information content (AvgIpc) is 2.95. The van der Waals surface area contributed by atoms with Gasteiger partial charge < -0.3 is 0 Å². The molecule has 128 valence electrons. The zero-order valence-corrected chi connectivity index (χ0v) is 13.5. The number of allylic oxidation sites excluding steroid dienone is 1. The van der Waals surface area contributed by atoms with Crippen LogP contribution in [-0.2, 0) is 6.18 Å². The molecule has 3 aromatic carbocycles. The lowest BCUT2D eigenvalue weighted by Crippen LogP contribution is -2.06. The quantitative estimate of drug-likeness (QED) is 0.566. The van der Waals surface area contributed by atoms with Crippen LogP contribution in [0.4, 0.5) is 13.2 Å². The number of hydrogen-bond donors (Lipinski definition) is 0. The first kappa shape index (κ1) is 16.3. The van der Waals surface area contributed by atoms with Gasteiger partial charge in [0, 0.05) is 16.7 Å². The molecule has 1 nitrogen and oxygen atoms in total. The van der Waals surface area contributed by atoms with Gasteiger partial charge in [-0.05, 0) is 34.9 Å². The molecule has 26 heavy (non-hydrogen) atoms. The fraction of sp³-hybridized carbons (Fsp3) is 0.0455. The van der Waals surface area contributed by atoms with Gasteiger partial charge in [-0.2, -0.15) is 13.2 Å². The molecule has 0 N–H and O–H groups in total. The van der Waals surface area contributed by atoms with Gasteiger partial charge in [-0.1, -0.05) is 60.7 Å². The summed E-state index contributed by atoms with van der Waals surface area (Å²) < 4.78 is 39.6. The molecule has 3 aromatic rings. The number of Topliss-reactive ketones (excluding diaryl/α,β-unsaturated/α-hetero) is 1. The minimum Gasteiger partial charge on any atom is -0.289 e. The van der Waals surface area contributed by atoms with Crippen molar-refractivity contribution in [3.05, 3.63) is 107 Å². The highest BCUT2D eigenvalue weighted by atomic mass is 19.4. The molecular formula is C22H13F3O. The number of benzene rings is 3. The molecule has 0 radical (unpaired) electrons. The van der Waals surface area contributed by atoms with E-state index in [-0.39, 0.29) is 5.78 Å². The second kappa shape index (κ2) is 5.99. The summed E-state index contributed by atoms with van der Waals surface area (Å²) in [6.45, 7) is 0. The normalized spacial score (nSPS) is 13.9. The maximum absolute atomic E-state index is 13.2. The summed E-state index contributed by atoms with van der Waals surface area (Å²) in [4.78, 5) is 13.0. The molecule has 1 aliphatic rings. The van der Waals surface area contributed by atoms with Crippen molar-refractivity contribution < 1.29 is 18.0 Å². The van der Waals surface area contributed by atoms with Gasteiger partial charge >= 0.3 is 6.18 Å². The fourth-order valence-electron chi connectivity index (χ4n) is 3.29. The van der Waals surface area contributed by atoms with Gasteiger partial charge in [0.05, 0.1) is 5.56 Å². The van der Waals surface area contributed by atoms with Crippen LogP contribution in [0.3, 0.4) is 0 Å². The first-order valence-electron chi connectivity index (χ1n) is 8.08. The second-order valence-corrected chi connectivity index (χ2v) is 6.07. The Balaban J connectivity index is 2.03. The maximum atomic E-state index is 13.2. The van der Waals surface area contributed by atoms with Crippen LogP contribution in [0.5, 0.6) is 0 Å². The first-order chi connectivity index (χ1) is 12.5. The molecule has 0 aromatic heterocycles. The molecule has 0 aliphatic heterocycles. The highest BCUT2D eigenvalue weighted by molar-refractivity contribution is 6.41. The van der Waals surface area contributed by atoms with Gasteiger partial charge in [0.15, 0.2) is 5.78 Å². The molecular weight excluding hydrogens is 337 g/mol. The van der Waals surface area contributed by atoms with Gasteiger partial charge in [0.1, 0.15) is 0 Å². The van der Waals surface area contributed by atoms with E-state index in [1.54, 1.807) is 36.4 Å². The number of rotatable bonds is 2. The molecule has 0 atom stereocenters. The molecule has 0 fully saturated rings. The number of fused-ring (bicyclic) bond motifs is 1. The molecule has 0 heterocycles. The Morgan fingerprint density at radius 1 is 0.615 bits per heavy atom. The molecule has 0 saturated heterocycles. The number of ketones is 1. The maximum Gasteiger partial charge on any atom is 0.416 e. The number of carbonyl (C=O) groups excluding carboxylic acids is 1. The standard InChI is InChI=1S/C22H13F3O/c23-22(24,25)16-11-12-17-18(13-16)19(14-7-3-1-4-8-14)20(21(17)26)15-9-5-2-6-10-15/h1-13H. The van der Waals surface area contributed by atoms with E-state index in [0.29, 0.717) is 27.8 Å². The molecule has 0 saturated carbocycles. The highest BCUT2D eigenvalue weighted by Crippen LogP contribution is 2.44. The summed E-state index contributed by atoms with van der Waals surface area (Å²) in [7, 11) is 0. The van der Waals surface area contributed by atoms with E-state index in [9.17, 15) is 18.0 Å². The lowest BCUT2D eigenvalue weighted by atomic mass is 9.94. The van der Waals surface area contributed by atoms with Crippen LogP contribution in [0.1, 0.15) is 32.6 Å². The summed E-state index contributed by atoms with van der Waals surface area (Å²) in [6, 6.07) is 21.4. The van der Waals surface area contributed by atoms with Crippen LogP contribution in [0.25, 0.3) is 11.1 Å². The third-order valence-corrected chi connectivity index (χ3v) is 4.46. The van der Waals surface area contributed by atoms with E-state index in [2.05, 4.69) is 0 Å². The fourth-order valence-corrected chi connectivity index (χ4v) is 3.29. The molecule has 1 aliphatic carbocycles. The largest absolute Gasteiger partial charge is 0.416 e. The summed E-state index contributed by atoms with van der Waals surface area (Å²) in [6.07, 6.45) is -4.46. The Labute approximate surface area is 148 Å². The van der Waals surface area contributed by atoms with Crippen molar-refractivity contribution in [2.75, 3.05) is 0 Å². The highest BCUT2D eigenvalue weighted by Gasteiger charge is 2.36. The third-order valence-electron chi connectivity index (χ3n) is 4.46. The monoisotopic (exact) mass is 350 g/mol. The minimum absolute atomic E-state index is 0.251. The van der Waals surface area contributed by atoms with Gasteiger partial charge in [-0.15, -0.1) is 0 Å². The molecule has 0 amide bonds. The van der Waals surface area contributed by atoms with Crippen molar-refractivity contribution in [2.45, 2.75) is 6.18 Å². The SMILES string of the molecule is O=C1C(c2ccccc2)=C(c2ccccc2)c2cc(C(F)(F)F)ccc21. The predicted octanol–water partition coefficient (Wildman–Crippen LogP) is 5.86. The van der Waals surface area contributed by atoms with Crippen molar-refractivity contribution in [1.29, 1.82) is 0 Å². The minimum atomic E-state index is -4.46. The van der Waals surface area contributed by atoms with E-state index >= 15 is 0 Å². The van der Waals surface area contributed by atoms with E-state index in [1.807, 2.05) is 24.3 Å². The van der Waals surface area contributed by atoms with Gasteiger partial charge in [0.25, 0.3) is 0 Å². The van der Waals surface area contributed by atoms with Gasteiger partial charge in [0.2, 0.25) is 0 Å². The Bertz CT molecular complexity index is 1020. The van der Waals surface area contributed by atoms with Gasteiger partial charge in [-0.25, -0.2) is 0 Å². The smallest absolute Gasteiger partial charge is 0.289 e. The third kappa shape index (κ3) is 2.64. The number of hydrogen-bond acceptors (Lipinski definition) is 1. The van der Waals surface area contributed by atoms with Crippen molar-refractivity contribution in [3.63, 3.8) is 0 Å². The summed E-state index contributed by atoms with van der Waals surface area (Å²) >= 11 is 0. The van der Waals surface area contributed by atoms with Crippen LogP contribution in [-0.4, -0.2) is 5.78 Å². The lowest BCUT2D eigenvalue weighted by molar-refractivity contribution is -0.137. The molecule has 0 unspecified atom stereocenters. The van der Waals surface area contributed by atoms with Crippen molar-refractivity contribution in [1.82, 2.24) is 0 Å². The van der Waals surface area contributed by atoms with E-state index in [1.165, 1.54) is 6.07 Å². The zero-order chi connectivity index (χ0) is 18.3. The molecule has 0 bridgehead atoms. The molecule has 0 spiro atoms. The summed E-state index contributed by atoms with van der Waals surface area (Å²) in [5.74, 6) is -0.251. The van der Waals surface area contributed by atoms with Crippen LogP contribution < -0.4 is 0 Å². The Hall–Kier alpha value is -3.14. The van der Waals surface area contributed by atoms with Gasteiger partial charge in [-0.3, -0.25) is 4.79 Å². The Kier molecular flexibility index (Phi) is 3.76. The number of carbonyl (C=O) groups is 1. The number of alkyl halides is 3. The topological polar surface area (TPSA) is 17.1 Å². The second-order valence-electron chi connectivity index (χ2n) is 6.07. The van der Waals surface area contributed by atoms with E-state index < -0.39 is 11.7 Å². The van der Waals surface area contributed by atoms with Crippen molar-refractivity contribution in [2.24, 2.45) is 0 Å². The van der Waals surface area contributed by atoms with E-state index in [0.717, 1.165) is 17.7 Å². The lowest BCUT2D eigenvalue weighted by Gasteiger charge is -2.11. The molecule has 4 heteroatoms. The Morgan fingerprint density at radius 2 is 1.15 bits per heavy atom. The predicted molar refractivity (Wildman–Crippen MR) is 94.6 cm³/mol. The van der Waals surface area contributed by atoms with Crippen LogP contribution in [0, 0.1) is 0 Å². The summed E-state index contributed by atoms with van der Waals surface area (Å²) in [5.41, 5.74) is 2.27. The zero-order valence-electron chi connectivity index (χ0n) is 13.5. The van der Waals surface area contributed by atoms with Crippen molar-refractivity contribution >= 4 is 16.9 Å². The first-order valence-corrected chi connectivity index (χ1v) is 8.08.